The Kier molecular flexibility index (Phi) is 12.8. The predicted octanol–water partition coefficient (Wildman–Crippen LogP) is 3.93. The summed E-state index contributed by atoms with van der Waals surface area (Å²) >= 11 is 5.05. The summed E-state index contributed by atoms with van der Waals surface area (Å²) in [6, 6.07) is 13.0. The zero-order chi connectivity index (χ0) is 26.2. The van der Waals surface area contributed by atoms with Crippen molar-refractivity contribution < 1.29 is 28.6 Å². The molecule has 194 valence electrons. The number of hydrogen-bond donors (Lipinski definition) is 3. The zero-order valence-corrected chi connectivity index (χ0v) is 21.4. The lowest BCUT2D eigenvalue weighted by molar-refractivity contribution is -0.123. The van der Waals surface area contributed by atoms with Gasteiger partial charge in [0.2, 0.25) is 0 Å². The topological polar surface area (TPSA) is 115 Å². The number of rotatable bonds is 13. The SMILES string of the molecule is CCCCCCCOc1ccc(C(=O)NC(=S)NNC(=O)COc2ccc(C(=O)OCC)cc2)cc1. The molecule has 0 fully saturated rings. The van der Waals surface area contributed by atoms with Gasteiger partial charge in [-0.05, 0) is 74.1 Å². The molecule has 2 aromatic carbocycles. The molecule has 0 bridgehead atoms. The Hall–Kier alpha value is -3.66. The largest absolute Gasteiger partial charge is 0.494 e. The molecule has 0 saturated heterocycles. The first-order chi connectivity index (χ1) is 17.4. The summed E-state index contributed by atoms with van der Waals surface area (Å²) in [5.41, 5.74) is 5.58. The van der Waals surface area contributed by atoms with Gasteiger partial charge >= 0.3 is 5.97 Å². The molecular formula is C26H33N3O6S. The first kappa shape index (κ1) is 28.6. The maximum atomic E-state index is 12.3. The van der Waals surface area contributed by atoms with Crippen LogP contribution < -0.4 is 25.6 Å². The molecule has 3 N–H and O–H groups in total. The maximum absolute atomic E-state index is 12.3. The van der Waals surface area contributed by atoms with Gasteiger partial charge in [0.05, 0.1) is 18.8 Å². The lowest BCUT2D eigenvalue weighted by Crippen LogP contribution is -2.49. The average molecular weight is 516 g/mol. The van der Waals surface area contributed by atoms with Crippen molar-refractivity contribution in [1.29, 1.82) is 0 Å². The van der Waals surface area contributed by atoms with Crippen LogP contribution in [0.25, 0.3) is 0 Å². The monoisotopic (exact) mass is 515 g/mol. The highest BCUT2D eigenvalue weighted by Crippen LogP contribution is 2.14. The maximum Gasteiger partial charge on any atom is 0.338 e. The van der Waals surface area contributed by atoms with E-state index in [-0.39, 0.29) is 18.3 Å². The second-order valence-electron chi connectivity index (χ2n) is 7.78. The fraction of sp³-hybridized carbons (Fsp3) is 0.385. The number of ether oxygens (including phenoxy) is 3. The standard InChI is InChI=1S/C26H33N3O6S/c1-3-5-6-7-8-17-34-21-13-9-19(10-14-21)24(31)27-26(36)29-28-23(30)18-35-22-15-11-20(12-16-22)25(32)33-4-2/h9-16H,3-8,17-18H2,1-2H3,(H,28,30)(H2,27,29,31,36). The van der Waals surface area contributed by atoms with E-state index in [1.165, 1.54) is 19.3 Å². The van der Waals surface area contributed by atoms with E-state index in [4.69, 9.17) is 26.4 Å². The number of hydrogen-bond acceptors (Lipinski definition) is 7. The minimum absolute atomic E-state index is 0.0699. The number of benzene rings is 2. The summed E-state index contributed by atoms with van der Waals surface area (Å²) < 4.78 is 16.0. The highest BCUT2D eigenvalue weighted by Gasteiger charge is 2.10. The van der Waals surface area contributed by atoms with Crippen LogP contribution in [-0.4, -0.2) is 42.7 Å². The summed E-state index contributed by atoms with van der Waals surface area (Å²) in [6.45, 7) is 4.53. The molecule has 0 unspecified atom stereocenters. The van der Waals surface area contributed by atoms with Gasteiger partial charge in [0.25, 0.3) is 11.8 Å². The molecule has 0 aliphatic heterocycles. The molecule has 0 aromatic heterocycles. The van der Waals surface area contributed by atoms with Crippen LogP contribution in [0.5, 0.6) is 11.5 Å². The van der Waals surface area contributed by atoms with Crippen LogP contribution in [0.1, 0.15) is 66.7 Å². The summed E-state index contributed by atoms with van der Waals surface area (Å²) in [5.74, 6) is -0.273. The van der Waals surface area contributed by atoms with Crippen LogP contribution in [0.4, 0.5) is 0 Å². The van der Waals surface area contributed by atoms with Gasteiger partial charge < -0.3 is 14.2 Å². The van der Waals surface area contributed by atoms with Crippen LogP contribution in [-0.2, 0) is 9.53 Å². The third kappa shape index (κ3) is 10.7. The van der Waals surface area contributed by atoms with Crippen molar-refractivity contribution in [2.45, 2.75) is 46.0 Å². The Morgan fingerprint density at radius 2 is 1.39 bits per heavy atom. The van der Waals surface area contributed by atoms with Gasteiger partial charge in [0, 0.05) is 5.56 Å². The molecule has 0 radical (unpaired) electrons. The molecule has 0 saturated carbocycles. The Morgan fingerprint density at radius 3 is 2.03 bits per heavy atom. The number of nitrogens with one attached hydrogen (secondary N) is 3. The van der Waals surface area contributed by atoms with Crippen LogP contribution in [0.15, 0.2) is 48.5 Å². The zero-order valence-electron chi connectivity index (χ0n) is 20.6. The molecule has 36 heavy (non-hydrogen) atoms. The van der Waals surface area contributed by atoms with Crippen LogP contribution >= 0.6 is 12.2 Å². The first-order valence-electron chi connectivity index (χ1n) is 12.0. The number of amides is 2. The Bertz CT molecular complexity index is 996. The highest BCUT2D eigenvalue weighted by molar-refractivity contribution is 7.80. The van der Waals surface area contributed by atoms with Crippen molar-refractivity contribution in [2.75, 3.05) is 19.8 Å². The van der Waals surface area contributed by atoms with E-state index >= 15 is 0 Å². The number of carbonyl (C=O) groups excluding carboxylic acids is 3. The molecule has 2 rings (SSSR count). The molecule has 0 spiro atoms. The lowest BCUT2D eigenvalue weighted by Gasteiger charge is -2.12. The van der Waals surface area contributed by atoms with Crippen molar-refractivity contribution >= 4 is 35.1 Å². The third-order valence-electron chi connectivity index (χ3n) is 4.91. The van der Waals surface area contributed by atoms with E-state index in [2.05, 4.69) is 23.1 Å². The third-order valence-corrected chi connectivity index (χ3v) is 5.12. The van der Waals surface area contributed by atoms with Gasteiger partial charge in [-0.3, -0.25) is 25.8 Å². The number of thiocarbonyl (C=S) groups is 1. The van der Waals surface area contributed by atoms with Crippen molar-refractivity contribution in [2.24, 2.45) is 0 Å². The van der Waals surface area contributed by atoms with Gasteiger partial charge in [-0.25, -0.2) is 4.79 Å². The van der Waals surface area contributed by atoms with Crippen molar-refractivity contribution in [3.05, 3.63) is 59.7 Å². The Balaban J connectivity index is 1.66. The molecule has 10 heteroatoms. The van der Waals surface area contributed by atoms with Crippen molar-refractivity contribution in [3.8, 4) is 11.5 Å². The normalized spacial score (nSPS) is 10.2. The molecule has 0 aliphatic rings. The summed E-state index contributed by atoms with van der Waals surface area (Å²) in [4.78, 5) is 36.0. The lowest BCUT2D eigenvalue weighted by atomic mass is 10.2. The smallest absolute Gasteiger partial charge is 0.338 e. The second kappa shape index (κ2) is 16.1. The summed E-state index contributed by atoms with van der Waals surface area (Å²) in [7, 11) is 0. The molecule has 0 heterocycles. The predicted molar refractivity (Wildman–Crippen MR) is 140 cm³/mol. The van der Waals surface area contributed by atoms with Gasteiger partial charge in [0.15, 0.2) is 11.7 Å². The van der Waals surface area contributed by atoms with Crippen molar-refractivity contribution in [3.63, 3.8) is 0 Å². The quantitative estimate of drug-likeness (QED) is 0.159. The molecule has 0 atom stereocenters. The summed E-state index contributed by atoms with van der Waals surface area (Å²) in [5, 5.41) is 2.42. The van der Waals surface area contributed by atoms with Gasteiger partial charge in [-0.1, -0.05) is 32.6 Å². The molecule has 0 aliphatic carbocycles. The molecule has 9 nitrogen and oxygen atoms in total. The molecule has 2 amide bonds. The molecular weight excluding hydrogens is 482 g/mol. The fourth-order valence-corrected chi connectivity index (χ4v) is 3.16. The minimum Gasteiger partial charge on any atom is -0.494 e. The number of esters is 1. The second-order valence-corrected chi connectivity index (χ2v) is 8.19. The van der Waals surface area contributed by atoms with E-state index in [0.717, 1.165) is 12.8 Å². The highest BCUT2D eigenvalue weighted by atomic mass is 32.1. The minimum atomic E-state index is -0.516. The van der Waals surface area contributed by atoms with Gasteiger partial charge in [0.1, 0.15) is 11.5 Å². The summed E-state index contributed by atoms with van der Waals surface area (Å²) in [6.07, 6.45) is 5.81. The van der Waals surface area contributed by atoms with E-state index in [1.807, 2.05) is 0 Å². The van der Waals surface area contributed by atoms with Gasteiger partial charge in [-0.2, -0.15) is 0 Å². The number of unbranched alkanes of at least 4 members (excludes halogenated alkanes) is 4. The number of carbonyl (C=O) groups is 3. The van der Waals surface area contributed by atoms with E-state index in [1.54, 1.807) is 55.5 Å². The Labute approximate surface area is 216 Å². The van der Waals surface area contributed by atoms with Gasteiger partial charge in [-0.15, -0.1) is 0 Å². The first-order valence-corrected chi connectivity index (χ1v) is 12.4. The molecule has 2 aromatic rings. The van der Waals surface area contributed by atoms with E-state index in [9.17, 15) is 14.4 Å². The fourth-order valence-electron chi connectivity index (χ4n) is 3.02. The average Bonchev–Trinajstić information content (AvgIpc) is 2.89. The van der Waals surface area contributed by atoms with E-state index < -0.39 is 17.8 Å². The van der Waals surface area contributed by atoms with Crippen LogP contribution in [0.2, 0.25) is 0 Å². The van der Waals surface area contributed by atoms with Crippen molar-refractivity contribution in [1.82, 2.24) is 16.2 Å². The van der Waals surface area contributed by atoms with E-state index in [0.29, 0.717) is 29.2 Å². The Morgan fingerprint density at radius 1 is 0.778 bits per heavy atom. The van der Waals surface area contributed by atoms with Crippen LogP contribution in [0.3, 0.4) is 0 Å². The number of hydrazine groups is 1. The van der Waals surface area contributed by atoms with Crippen LogP contribution in [0, 0.1) is 0 Å².